The lowest BCUT2D eigenvalue weighted by atomic mass is 10.2. The van der Waals surface area contributed by atoms with E-state index in [4.69, 9.17) is 5.73 Å². The van der Waals surface area contributed by atoms with Crippen molar-refractivity contribution in [1.29, 1.82) is 0 Å². The van der Waals surface area contributed by atoms with Gasteiger partial charge in [0.2, 0.25) is 0 Å². The Hall–Kier alpha value is -0.940. The molecule has 0 aromatic carbocycles. The molecule has 0 bridgehead atoms. The highest BCUT2D eigenvalue weighted by Gasteiger charge is 2.09. The summed E-state index contributed by atoms with van der Waals surface area (Å²) < 4.78 is 4.17. The average Bonchev–Trinajstić information content (AvgIpc) is 2.58. The van der Waals surface area contributed by atoms with Gasteiger partial charge in [-0.3, -0.25) is 0 Å². The van der Waals surface area contributed by atoms with Crippen LogP contribution >= 0.6 is 22.9 Å². The van der Waals surface area contributed by atoms with Gasteiger partial charge in [0, 0.05) is 26.9 Å². The number of hydrogen-bond donors (Lipinski definition) is 1. The number of rotatable bonds is 1. The van der Waals surface area contributed by atoms with Crippen LogP contribution in [0.15, 0.2) is 6.07 Å². The molecule has 0 unspecified atom stereocenters. The van der Waals surface area contributed by atoms with Crippen molar-refractivity contribution in [3.05, 3.63) is 15.8 Å². The van der Waals surface area contributed by atoms with Gasteiger partial charge in [-0.1, -0.05) is 0 Å². The Morgan fingerprint density at radius 3 is 2.62 bits per heavy atom. The Balaban J connectivity index is 2.51. The van der Waals surface area contributed by atoms with Crippen LogP contribution in [0.5, 0.6) is 0 Å². The predicted molar refractivity (Wildman–Crippen MR) is 57.1 cm³/mol. The van der Waals surface area contributed by atoms with Crippen LogP contribution in [0, 0.1) is 13.8 Å². The standard InChI is InChI=1S/C8H9N3S2/c1-4-3-6(5(2)12-4)7-10-8(9)13-11-7/h3H,1-2H3,(H2,9,10,11). The monoisotopic (exact) mass is 211 g/mol. The first kappa shape index (κ1) is 8.65. The van der Waals surface area contributed by atoms with Crippen molar-refractivity contribution in [3.8, 4) is 11.4 Å². The van der Waals surface area contributed by atoms with Gasteiger partial charge < -0.3 is 5.73 Å². The largest absolute Gasteiger partial charge is 0.374 e. The number of nitrogen functional groups attached to an aromatic ring is 1. The van der Waals surface area contributed by atoms with Gasteiger partial charge in [0.1, 0.15) is 0 Å². The maximum atomic E-state index is 5.52. The number of aryl methyl sites for hydroxylation is 2. The third-order valence-electron chi connectivity index (χ3n) is 1.72. The second-order valence-electron chi connectivity index (χ2n) is 2.78. The summed E-state index contributed by atoms with van der Waals surface area (Å²) >= 11 is 3.00. The van der Waals surface area contributed by atoms with Gasteiger partial charge in [-0.2, -0.15) is 9.36 Å². The van der Waals surface area contributed by atoms with Crippen molar-refractivity contribution >= 4 is 28.0 Å². The van der Waals surface area contributed by atoms with E-state index in [1.807, 2.05) is 0 Å². The van der Waals surface area contributed by atoms with E-state index in [9.17, 15) is 0 Å². The third-order valence-corrected chi connectivity index (χ3v) is 3.23. The summed E-state index contributed by atoms with van der Waals surface area (Å²) in [7, 11) is 0. The quantitative estimate of drug-likeness (QED) is 0.788. The zero-order valence-electron chi connectivity index (χ0n) is 7.37. The minimum atomic E-state index is 0.526. The Labute approximate surface area is 84.4 Å². The highest BCUT2D eigenvalue weighted by atomic mass is 32.1. The van der Waals surface area contributed by atoms with E-state index >= 15 is 0 Å². The maximum absolute atomic E-state index is 5.52. The Kier molecular flexibility index (Phi) is 2.05. The Morgan fingerprint density at radius 1 is 1.38 bits per heavy atom. The molecule has 0 aliphatic carbocycles. The molecule has 0 fully saturated rings. The lowest BCUT2D eigenvalue weighted by molar-refractivity contribution is 1.32. The normalized spacial score (nSPS) is 10.6. The molecule has 0 radical (unpaired) electrons. The van der Waals surface area contributed by atoms with Gasteiger partial charge in [-0.15, -0.1) is 11.3 Å². The van der Waals surface area contributed by atoms with Crippen molar-refractivity contribution in [2.75, 3.05) is 5.73 Å². The molecule has 2 heterocycles. The lowest BCUT2D eigenvalue weighted by Gasteiger charge is -1.89. The van der Waals surface area contributed by atoms with Crippen molar-refractivity contribution in [3.63, 3.8) is 0 Å². The second-order valence-corrected chi connectivity index (χ2v) is 5.03. The van der Waals surface area contributed by atoms with Gasteiger partial charge >= 0.3 is 0 Å². The maximum Gasteiger partial charge on any atom is 0.200 e. The summed E-state index contributed by atoms with van der Waals surface area (Å²) in [5.41, 5.74) is 6.63. The number of nitrogens with zero attached hydrogens (tertiary/aromatic N) is 2. The molecular formula is C8H9N3S2. The first-order chi connectivity index (χ1) is 6.16. The molecule has 2 aromatic heterocycles. The van der Waals surface area contributed by atoms with Gasteiger partial charge in [0.25, 0.3) is 0 Å². The van der Waals surface area contributed by atoms with E-state index in [0.717, 1.165) is 11.4 Å². The number of thiophene rings is 1. The Morgan fingerprint density at radius 2 is 2.15 bits per heavy atom. The van der Waals surface area contributed by atoms with Crippen LogP contribution in [0.25, 0.3) is 11.4 Å². The van der Waals surface area contributed by atoms with Crippen LogP contribution in [0.1, 0.15) is 9.75 Å². The van der Waals surface area contributed by atoms with Gasteiger partial charge in [0.05, 0.1) is 0 Å². The molecular weight excluding hydrogens is 202 g/mol. The van der Waals surface area contributed by atoms with Crippen LogP contribution in [0.3, 0.4) is 0 Å². The smallest absolute Gasteiger partial charge is 0.200 e. The van der Waals surface area contributed by atoms with E-state index in [0.29, 0.717) is 5.13 Å². The molecule has 0 saturated carbocycles. The van der Waals surface area contributed by atoms with Gasteiger partial charge in [-0.05, 0) is 19.9 Å². The molecule has 0 spiro atoms. The fourth-order valence-corrected chi connectivity index (χ4v) is 2.56. The molecule has 2 rings (SSSR count). The van der Waals surface area contributed by atoms with Gasteiger partial charge in [-0.25, -0.2) is 0 Å². The molecule has 0 amide bonds. The van der Waals surface area contributed by atoms with E-state index in [1.165, 1.54) is 21.3 Å². The van der Waals surface area contributed by atoms with Crippen LogP contribution < -0.4 is 5.73 Å². The number of anilines is 1. The molecule has 2 N–H and O–H groups in total. The third kappa shape index (κ3) is 1.57. The molecule has 5 heteroatoms. The van der Waals surface area contributed by atoms with Crippen LogP contribution in [-0.4, -0.2) is 9.36 Å². The minimum Gasteiger partial charge on any atom is -0.374 e. The fourth-order valence-electron chi connectivity index (χ4n) is 1.20. The lowest BCUT2D eigenvalue weighted by Crippen LogP contribution is -1.83. The first-order valence-electron chi connectivity index (χ1n) is 3.83. The minimum absolute atomic E-state index is 0.526. The summed E-state index contributed by atoms with van der Waals surface area (Å²) in [5, 5.41) is 0.526. The molecule has 3 nitrogen and oxygen atoms in total. The van der Waals surface area contributed by atoms with E-state index in [1.54, 1.807) is 11.3 Å². The van der Waals surface area contributed by atoms with Crippen molar-refractivity contribution in [2.45, 2.75) is 13.8 Å². The first-order valence-corrected chi connectivity index (χ1v) is 5.42. The van der Waals surface area contributed by atoms with E-state index in [-0.39, 0.29) is 0 Å². The van der Waals surface area contributed by atoms with Crippen molar-refractivity contribution < 1.29 is 0 Å². The van der Waals surface area contributed by atoms with Crippen LogP contribution in [-0.2, 0) is 0 Å². The van der Waals surface area contributed by atoms with Crippen molar-refractivity contribution in [1.82, 2.24) is 9.36 Å². The number of nitrogens with two attached hydrogens (primary N) is 1. The highest BCUT2D eigenvalue weighted by Crippen LogP contribution is 2.29. The molecule has 0 aliphatic rings. The fraction of sp³-hybridized carbons (Fsp3) is 0.250. The average molecular weight is 211 g/mol. The van der Waals surface area contributed by atoms with Crippen molar-refractivity contribution in [2.24, 2.45) is 0 Å². The summed E-state index contributed by atoms with van der Waals surface area (Å²) in [5.74, 6) is 0.754. The summed E-state index contributed by atoms with van der Waals surface area (Å²) in [6, 6.07) is 2.10. The second kappa shape index (κ2) is 3.08. The zero-order chi connectivity index (χ0) is 9.42. The molecule has 0 aliphatic heterocycles. The van der Waals surface area contributed by atoms with Gasteiger partial charge in [0.15, 0.2) is 11.0 Å². The molecule has 0 atom stereocenters. The molecule has 0 saturated heterocycles. The van der Waals surface area contributed by atoms with Crippen LogP contribution in [0.2, 0.25) is 0 Å². The summed E-state index contributed by atoms with van der Waals surface area (Å²) in [6.45, 7) is 4.15. The Bertz CT molecular complexity index is 430. The summed E-state index contributed by atoms with van der Waals surface area (Å²) in [4.78, 5) is 6.67. The number of hydrogen-bond acceptors (Lipinski definition) is 5. The van der Waals surface area contributed by atoms with E-state index in [2.05, 4.69) is 29.3 Å². The SMILES string of the molecule is Cc1cc(-c2nsc(N)n2)c(C)s1. The molecule has 2 aromatic rings. The summed E-state index contributed by atoms with van der Waals surface area (Å²) in [6.07, 6.45) is 0. The topological polar surface area (TPSA) is 51.8 Å². The zero-order valence-corrected chi connectivity index (χ0v) is 9.00. The highest BCUT2D eigenvalue weighted by molar-refractivity contribution is 7.12. The predicted octanol–water partition coefficient (Wildman–Crippen LogP) is 2.47. The van der Waals surface area contributed by atoms with Crippen LogP contribution in [0.4, 0.5) is 5.13 Å². The molecule has 68 valence electrons. The molecule has 13 heavy (non-hydrogen) atoms. The number of aromatic nitrogens is 2. The van der Waals surface area contributed by atoms with E-state index < -0.39 is 0 Å².